The minimum absolute atomic E-state index is 0.0979. The number of aryl methyl sites for hydroxylation is 1. The van der Waals surface area contributed by atoms with Crippen molar-refractivity contribution in [3.63, 3.8) is 0 Å². The molecule has 1 N–H and O–H groups in total. The molecular formula is C23H31N3O4S. The molecule has 1 aliphatic heterocycles. The second kappa shape index (κ2) is 9.70. The van der Waals surface area contributed by atoms with Gasteiger partial charge in [0.15, 0.2) is 0 Å². The Morgan fingerprint density at radius 3 is 2.65 bits per heavy atom. The van der Waals surface area contributed by atoms with Crippen LogP contribution in [0.5, 0.6) is 5.75 Å². The van der Waals surface area contributed by atoms with E-state index in [1.807, 2.05) is 12.1 Å². The van der Waals surface area contributed by atoms with Gasteiger partial charge in [-0.3, -0.25) is 4.79 Å². The van der Waals surface area contributed by atoms with Gasteiger partial charge in [0.25, 0.3) is 0 Å². The molecular weight excluding hydrogens is 414 g/mol. The van der Waals surface area contributed by atoms with Gasteiger partial charge >= 0.3 is 0 Å². The topological polar surface area (TPSA) is 79.0 Å². The highest BCUT2D eigenvalue weighted by atomic mass is 32.2. The van der Waals surface area contributed by atoms with Crippen molar-refractivity contribution in [2.24, 2.45) is 0 Å². The highest BCUT2D eigenvalue weighted by Gasteiger charge is 2.27. The van der Waals surface area contributed by atoms with E-state index >= 15 is 0 Å². The molecule has 168 valence electrons. The number of para-hydroxylation sites is 1. The smallest absolute Gasteiger partial charge is 0.244 e. The fourth-order valence-corrected chi connectivity index (χ4v) is 4.95. The second-order valence-corrected chi connectivity index (χ2v) is 10.1. The standard InChI is InChI=1S/C23H31N3O4S/c1-5-8-18-12-11-17-9-6-7-10-21(17)26(18)16-23(27)24-20-15-19(13-14-22(20)30-4)31(28,29)25(2)3/h6-7,9-10,13-15,18H,5,8,11-12,16H2,1-4H3,(H,24,27)/t18-/m1/s1. The molecule has 2 aromatic rings. The third kappa shape index (κ3) is 5.02. The molecule has 7 nitrogen and oxygen atoms in total. The summed E-state index contributed by atoms with van der Waals surface area (Å²) in [6.45, 7) is 2.34. The molecule has 1 amide bonds. The number of benzene rings is 2. The zero-order valence-corrected chi connectivity index (χ0v) is 19.4. The summed E-state index contributed by atoms with van der Waals surface area (Å²) in [4.78, 5) is 15.3. The molecule has 31 heavy (non-hydrogen) atoms. The third-order valence-corrected chi connectivity index (χ3v) is 7.46. The maximum absolute atomic E-state index is 13.0. The van der Waals surface area contributed by atoms with E-state index in [9.17, 15) is 13.2 Å². The summed E-state index contributed by atoms with van der Waals surface area (Å²) < 4.78 is 31.5. The summed E-state index contributed by atoms with van der Waals surface area (Å²) in [5, 5.41) is 2.87. The predicted octanol–water partition coefficient (Wildman–Crippen LogP) is 3.51. The number of nitrogens with one attached hydrogen (secondary N) is 1. The van der Waals surface area contributed by atoms with Gasteiger partial charge in [0.1, 0.15) is 5.75 Å². The number of rotatable bonds is 8. The summed E-state index contributed by atoms with van der Waals surface area (Å²) in [5.74, 6) is 0.200. The Labute approximate surface area is 185 Å². The van der Waals surface area contributed by atoms with Crippen LogP contribution in [0.1, 0.15) is 31.7 Å². The second-order valence-electron chi connectivity index (χ2n) is 7.94. The van der Waals surface area contributed by atoms with E-state index in [1.54, 1.807) is 6.07 Å². The Bertz CT molecular complexity index is 1040. The minimum Gasteiger partial charge on any atom is -0.495 e. The van der Waals surface area contributed by atoms with Crippen molar-refractivity contribution in [3.8, 4) is 5.75 Å². The molecule has 0 saturated heterocycles. The number of hydrogen-bond donors (Lipinski definition) is 1. The van der Waals surface area contributed by atoms with Crippen molar-refractivity contribution >= 4 is 27.3 Å². The van der Waals surface area contributed by atoms with Gasteiger partial charge < -0.3 is 15.0 Å². The minimum atomic E-state index is -3.63. The SMILES string of the molecule is CCC[C@@H]1CCc2ccccc2N1CC(=O)Nc1cc(S(=O)(=O)N(C)C)ccc1OC. The number of hydrogen-bond acceptors (Lipinski definition) is 5. The molecule has 8 heteroatoms. The van der Waals surface area contributed by atoms with Crippen LogP contribution in [0.2, 0.25) is 0 Å². The highest BCUT2D eigenvalue weighted by Crippen LogP contribution is 2.33. The van der Waals surface area contributed by atoms with Crippen LogP contribution in [0.4, 0.5) is 11.4 Å². The van der Waals surface area contributed by atoms with Gasteiger partial charge in [-0.15, -0.1) is 0 Å². The van der Waals surface area contributed by atoms with Crippen molar-refractivity contribution in [2.75, 3.05) is 38.0 Å². The molecule has 3 rings (SSSR count). The number of amides is 1. The van der Waals surface area contributed by atoms with Gasteiger partial charge in [-0.25, -0.2) is 12.7 Å². The normalized spacial score (nSPS) is 16.2. The summed E-state index contributed by atoms with van der Waals surface area (Å²) in [6.07, 6.45) is 4.08. The van der Waals surface area contributed by atoms with Gasteiger partial charge in [0.05, 0.1) is 24.2 Å². The number of methoxy groups -OCH3 is 1. The van der Waals surface area contributed by atoms with Crippen LogP contribution >= 0.6 is 0 Å². The first-order chi connectivity index (χ1) is 14.8. The van der Waals surface area contributed by atoms with E-state index in [-0.39, 0.29) is 17.3 Å². The molecule has 1 atom stereocenters. The molecule has 0 unspecified atom stereocenters. The van der Waals surface area contributed by atoms with Gasteiger partial charge in [-0.2, -0.15) is 0 Å². The quantitative estimate of drug-likeness (QED) is 0.673. The Balaban J connectivity index is 1.86. The molecule has 0 bridgehead atoms. The van der Waals surface area contributed by atoms with Crippen LogP contribution < -0.4 is 15.0 Å². The number of sulfonamides is 1. The molecule has 2 aromatic carbocycles. The lowest BCUT2D eigenvalue weighted by Gasteiger charge is -2.38. The predicted molar refractivity (Wildman–Crippen MR) is 123 cm³/mol. The molecule has 0 aromatic heterocycles. The molecule has 0 spiro atoms. The van der Waals surface area contributed by atoms with Crippen LogP contribution in [0.15, 0.2) is 47.4 Å². The molecule has 0 aliphatic carbocycles. The van der Waals surface area contributed by atoms with Crippen molar-refractivity contribution in [3.05, 3.63) is 48.0 Å². The van der Waals surface area contributed by atoms with Crippen LogP contribution in [-0.2, 0) is 21.2 Å². The maximum atomic E-state index is 13.0. The highest BCUT2D eigenvalue weighted by molar-refractivity contribution is 7.89. The van der Waals surface area contributed by atoms with Crippen molar-refractivity contribution in [1.29, 1.82) is 0 Å². The monoisotopic (exact) mass is 445 g/mol. The van der Waals surface area contributed by atoms with Gasteiger partial charge in [-0.05, 0) is 49.1 Å². The summed E-state index contributed by atoms with van der Waals surface area (Å²) in [5.41, 5.74) is 2.69. The maximum Gasteiger partial charge on any atom is 0.244 e. The average Bonchev–Trinajstić information content (AvgIpc) is 2.75. The lowest BCUT2D eigenvalue weighted by atomic mass is 9.93. The Kier molecular flexibility index (Phi) is 7.23. The Morgan fingerprint density at radius 1 is 1.23 bits per heavy atom. The van der Waals surface area contributed by atoms with E-state index in [1.165, 1.54) is 38.9 Å². The van der Waals surface area contributed by atoms with E-state index in [0.717, 1.165) is 35.7 Å². The number of carbonyl (C=O) groups excluding carboxylic acids is 1. The summed E-state index contributed by atoms with van der Waals surface area (Å²) in [6, 6.07) is 13.0. The van der Waals surface area contributed by atoms with Crippen LogP contribution in [0.25, 0.3) is 0 Å². The molecule has 0 fully saturated rings. The molecule has 1 heterocycles. The van der Waals surface area contributed by atoms with E-state index in [0.29, 0.717) is 17.5 Å². The fraction of sp³-hybridized carbons (Fsp3) is 0.435. The van der Waals surface area contributed by atoms with E-state index in [4.69, 9.17) is 4.74 Å². The first-order valence-electron chi connectivity index (χ1n) is 10.5. The van der Waals surface area contributed by atoms with Crippen molar-refractivity contribution in [2.45, 2.75) is 43.5 Å². The lowest BCUT2D eigenvalue weighted by molar-refractivity contribution is -0.115. The summed E-state index contributed by atoms with van der Waals surface area (Å²) in [7, 11) is 0.805. The third-order valence-electron chi connectivity index (χ3n) is 5.65. The van der Waals surface area contributed by atoms with E-state index in [2.05, 4.69) is 29.3 Å². The van der Waals surface area contributed by atoms with Gasteiger partial charge in [0.2, 0.25) is 15.9 Å². The zero-order chi connectivity index (χ0) is 22.6. The number of anilines is 2. The number of carbonyl (C=O) groups is 1. The lowest BCUT2D eigenvalue weighted by Crippen LogP contribution is -2.44. The zero-order valence-electron chi connectivity index (χ0n) is 18.6. The first-order valence-corrected chi connectivity index (χ1v) is 12.0. The van der Waals surface area contributed by atoms with Crippen LogP contribution in [0.3, 0.4) is 0 Å². The van der Waals surface area contributed by atoms with E-state index < -0.39 is 10.0 Å². The number of nitrogens with zero attached hydrogens (tertiary/aromatic N) is 2. The Hall–Kier alpha value is -2.58. The molecule has 0 saturated carbocycles. The van der Waals surface area contributed by atoms with Crippen LogP contribution in [-0.4, -0.2) is 52.4 Å². The van der Waals surface area contributed by atoms with Crippen molar-refractivity contribution in [1.82, 2.24) is 4.31 Å². The Morgan fingerprint density at radius 2 is 1.97 bits per heavy atom. The largest absolute Gasteiger partial charge is 0.495 e. The molecule has 0 radical (unpaired) electrons. The number of ether oxygens (including phenoxy) is 1. The van der Waals surface area contributed by atoms with Gasteiger partial charge in [0, 0.05) is 25.8 Å². The van der Waals surface area contributed by atoms with Gasteiger partial charge in [-0.1, -0.05) is 31.5 Å². The van der Waals surface area contributed by atoms with Crippen molar-refractivity contribution < 1.29 is 17.9 Å². The van der Waals surface area contributed by atoms with Crippen LogP contribution in [0, 0.1) is 0 Å². The summed E-state index contributed by atoms with van der Waals surface area (Å²) >= 11 is 0. The average molecular weight is 446 g/mol. The first kappa shape index (κ1) is 23.1. The molecule has 1 aliphatic rings. The number of fused-ring (bicyclic) bond motifs is 1. The fourth-order valence-electron chi connectivity index (χ4n) is 4.03.